The molecule has 0 aromatic rings. The molecule has 0 aromatic carbocycles. The summed E-state index contributed by atoms with van der Waals surface area (Å²) < 4.78 is 47.7. The average Bonchev–Trinajstić information content (AvgIpc) is 3.33. The first-order valence-corrected chi connectivity index (χ1v) is 26.7. The maximum Gasteiger partial charge on any atom is 0.315 e. The van der Waals surface area contributed by atoms with E-state index in [9.17, 15) is 61.3 Å². The van der Waals surface area contributed by atoms with Crippen LogP contribution in [0.25, 0.3) is 0 Å². The van der Waals surface area contributed by atoms with Gasteiger partial charge in [0.2, 0.25) is 6.29 Å². The number of hydrogen-bond donors (Lipinski definition) is 12. The van der Waals surface area contributed by atoms with Crippen LogP contribution in [0.3, 0.4) is 0 Å². The number of hydrogen-bond acceptors (Lipinski definition) is 21. The molecule has 4 aliphatic heterocycles. The van der Waals surface area contributed by atoms with Crippen LogP contribution in [-0.4, -0.2) is 209 Å². The van der Waals surface area contributed by atoms with Crippen molar-refractivity contribution in [1.82, 2.24) is 0 Å². The van der Waals surface area contributed by atoms with Crippen molar-refractivity contribution in [3.63, 3.8) is 0 Å². The third kappa shape index (κ3) is 8.91. The minimum atomic E-state index is -1.92. The van der Waals surface area contributed by atoms with E-state index in [0.29, 0.717) is 38.5 Å². The number of carbonyl (C=O) groups is 1. The molecule has 4 saturated carbocycles. The van der Waals surface area contributed by atoms with Crippen LogP contribution in [0.4, 0.5) is 0 Å². The molecule has 12 N–H and O–H groups in total. The number of carbonyl (C=O) groups excluding carboxylic acids is 1. The lowest BCUT2D eigenvalue weighted by Gasteiger charge is -2.72. The van der Waals surface area contributed by atoms with Crippen molar-refractivity contribution in [2.45, 2.75) is 235 Å². The topological polar surface area (TPSA) is 334 Å². The Morgan fingerprint density at radius 3 is 1.93 bits per heavy atom. The second kappa shape index (κ2) is 20.0. The molecule has 418 valence electrons. The lowest BCUT2D eigenvalue weighted by atomic mass is 9.33. The van der Waals surface area contributed by atoms with Gasteiger partial charge >= 0.3 is 5.97 Å². The molecular formula is C52H84O21. The monoisotopic (exact) mass is 1040 g/mol. The number of rotatable bonds is 9. The third-order valence-corrected chi connectivity index (χ3v) is 21.0. The lowest BCUT2D eigenvalue weighted by molar-refractivity contribution is -0.365. The van der Waals surface area contributed by atoms with Gasteiger partial charge in [-0.05, 0) is 111 Å². The highest BCUT2D eigenvalue weighted by atomic mass is 16.8. The van der Waals surface area contributed by atoms with E-state index in [1.165, 1.54) is 6.92 Å². The normalized spacial score (nSPS) is 56.0. The summed E-state index contributed by atoms with van der Waals surface area (Å²) >= 11 is 0. The van der Waals surface area contributed by atoms with E-state index in [1.807, 2.05) is 6.92 Å². The van der Waals surface area contributed by atoms with Gasteiger partial charge in [0.25, 0.3) is 0 Å². The van der Waals surface area contributed by atoms with Gasteiger partial charge in [0.05, 0.1) is 43.0 Å². The highest BCUT2D eigenvalue weighted by molar-refractivity contribution is 5.79. The van der Waals surface area contributed by atoms with Crippen LogP contribution in [0.2, 0.25) is 0 Å². The first-order valence-electron chi connectivity index (χ1n) is 26.7. The first-order chi connectivity index (χ1) is 34.1. The molecule has 21 nitrogen and oxygen atoms in total. The van der Waals surface area contributed by atoms with Gasteiger partial charge in [-0.15, -0.1) is 0 Å². The second-order valence-electron chi connectivity index (χ2n) is 25.1. The smallest absolute Gasteiger partial charge is 0.315 e. The van der Waals surface area contributed by atoms with Crippen molar-refractivity contribution in [1.29, 1.82) is 0 Å². The predicted molar refractivity (Wildman–Crippen MR) is 251 cm³/mol. The number of fused-ring (bicyclic) bond motifs is 7. The molecule has 21 heteroatoms. The van der Waals surface area contributed by atoms with Crippen LogP contribution in [0.15, 0.2) is 11.6 Å². The molecule has 28 atom stereocenters. The summed E-state index contributed by atoms with van der Waals surface area (Å²) in [4.78, 5) is 15.6. The minimum absolute atomic E-state index is 0.148. The number of allylic oxidation sites excluding steroid dienone is 1. The minimum Gasteiger partial charge on any atom is -0.432 e. The third-order valence-electron chi connectivity index (χ3n) is 21.0. The van der Waals surface area contributed by atoms with Crippen molar-refractivity contribution in [2.75, 3.05) is 19.8 Å². The van der Waals surface area contributed by atoms with Crippen molar-refractivity contribution in [3.8, 4) is 0 Å². The summed E-state index contributed by atoms with van der Waals surface area (Å²) in [6.45, 7) is 15.6. The van der Waals surface area contributed by atoms with E-state index in [0.717, 1.165) is 24.8 Å². The molecule has 0 radical (unpaired) electrons. The summed E-state index contributed by atoms with van der Waals surface area (Å²) in [5.74, 6) is -1.32. The molecule has 0 bridgehead atoms. The van der Waals surface area contributed by atoms with E-state index in [1.54, 1.807) is 6.92 Å². The molecule has 4 saturated heterocycles. The Bertz CT molecular complexity index is 2020. The zero-order chi connectivity index (χ0) is 53.3. The van der Waals surface area contributed by atoms with E-state index < -0.39 is 146 Å². The summed E-state index contributed by atoms with van der Waals surface area (Å²) in [5, 5.41) is 130. The van der Waals surface area contributed by atoms with Crippen LogP contribution in [0, 0.1) is 50.7 Å². The number of aliphatic hydroxyl groups excluding tert-OH is 11. The van der Waals surface area contributed by atoms with E-state index >= 15 is 4.79 Å². The van der Waals surface area contributed by atoms with Gasteiger partial charge in [0.1, 0.15) is 73.2 Å². The molecule has 0 amide bonds. The summed E-state index contributed by atoms with van der Waals surface area (Å²) in [7, 11) is 0. The molecule has 8 fully saturated rings. The Morgan fingerprint density at radius 1 is 0.630 bits per heavy atom. The van der Waals surface area contributed by atoms with Gasteiger partial charge in [-0.2, -0.15) is 0 Å². The molecule has 0 aromatic heterocycles. The van der Waals surface area contributed by atoms with E-state index in [-0.39, 0.29) is 53.3 Å². The maximum atomic E-state index is 15.6. The van der Waals surface area contributed by atoms with Gasteiger partial charge in [-0.25, -0.2) is 0 Å². The second-order valence-corrected chi connectivity index (χ2v) is 25.1. The SMILES string of the molecule is CC1OC(OC2C(OC(=O)C34CCC(C)C(C)(O)C3C3=CCC5C6(C)CCC(OC7OCC(O)C(O)C7O)C(C)(C)C6CCC5(C)C3(C)CC4)OC(COC3OCC(O)C(O)C3O)C(O)C2O)C(O)C(O)C1O. The Hall–Kier alpha value is -1.55. The molecule has 28 unspecified atom stereocenters. The lowest BCUT2D eigenvalue weighted by Crippen LogP contribution is -2.68. The quantitative estimate of drug-likeness (QED) is 0.0767. The van der Waals surface area contributed by atoms with Crippen molar-refractivity contribution >= 4 is 5.97 Å². The molecular weight excluding hydrogens is 961 g/mol. The van der Waals surface area contributed by atoms with Gasteiger partial charge in [-0.3, -0.25) is 4.79 Å². The molecule has 73 heavy (non-hydrogen) atoms. The summed E-state index contributed by atoms with van der Waals surface area (Å²) in [5.41, 5.74) is -3.06. The predicted octanol–water partition coefficient (Wildman–Crippen LogP) is -0.759. The van der Waals surface area contributed by atoms with Gasteiger partial charge in [0, 0.05) is 5.92 Å². The Kier molecular flexibility index (Phi) is 15.4. The van der Waals surface area contributed by atoms with Crippen LogP contribution in [-0.2, 0) is 42.7 Å². The van der Waals surface area contributed by atoms with Crippen molar-refractivity contribution in [3.05, 3.63) is 11.6 Å². The molecule has 9 rings (SSSR count). The highest BCUT2D eigenvalue weighted by Crippen LogP contribution is 2.76. The van der Waals surface area contributed by atoms with Crippen molar-refractivity contribution < 1.29 is 104 Å². The molecule has 9 aliphatic rings. The largest absolute Gasteiger partial charge is 0.432 e. The Balaban J connectivity index is 1.00. The fraction of sp³-hybridized carbons (Fsp3) is 0.942. The highest BCUT2D eigenvalue weighted by Gasteiger charge is 2.72. The average molecular weight is 1050 g/mol. The Labute approximate surface area is 426 Å². The van der Waals surface area contributed by atoms with Gasteiger partial charge in [-0.1, -0.05) is 53.2 Å². The fourth-order valence-electron chi connectivity index (χ4n) is 16.0. The standard InChI is InChI=1S/C52H84O21/c1-22-11-16-52(46(64)73-45-40(72-44-39(63)35(59)31(55)23(2)69-44)36(60)34(58)27(70-45)21-68-42-37(61)32(56)25(53)19-66-42)18-17-49(6)24(41(52)51(22,8)65)9-10-29-48(5)14-13-30(47(3,4)28(48)12-15-50(29,49)7)71-43-38(62)33(57)26(54)20-67-43/h9,22-23,25-45,53-63,65H,10-21H2,1-8H3. The number of aliphatic hydroxyl groups is 12. The summed E-state index contributed by atoms with van der Waals surface area (Å²) in [6, 6.07) is 0. The number of esters is 1. The van der Waals surface area contributed by atoms with Crippen molar-refractivity contribution in [2.24, 2.45) is 50.7 Å². The van der Waals surface area contributed by atoms with Crippen LogP contribution >= 0.6 is 0 Å². The summed E-state index contributed by atoms with van der Waals surface area (Å²) in [6.07, 6.45) is -20.4. The zero-order valence-corrected chi connectivity index (χ0v) is 43.4. The molecule has 5 aliphatic carbocycles. The van der Waals surface area contributed by atoms with E-state index in [4.69, 9.17) is 37.9 Å². The first kappa shape index (κ1) is 56.2. The van der Waals surface area contributed by atoms with Gasteiger partial charge < -0.3 is 99.2 Å². The zero-order valence-electron chi connectivity index (χ0n) is 43.4. The van der Waals surface area contributed by atoms with Crippen LogP contribution in [0.5, 0.6) is 0 Å². The van der Waals surface area contributed by atoms with E-state index in [2.05, 4.69) is 40.7 Å². The van der Waals surface area contributed by atoms with Crippen LogP contribution < -0.4 is 0 Å². The molecule has 0 spiro atoms. The maximum absolute atomic E-state index is 15.6. The fourth-order valence-corrected chi connectivity index (χ4v) is 16.0. The number of ether oxygens (including phenoxy) is 8. The molecule has 4 heterocycles. The Morgan fingerprint density at radius 2 is 1.26 bits per heavy atom. The van der Waals surface area contributed by atoms with Gasteiger partial charge in [0.15, 0.2) is 25.0 Å². The van der Waals surface area contributed by atoms with Crippen LogP contribution in [0.1, 0.15) is 113 Å².